The Morgan fingerprint density at radius 2 is 1.88 bits per heavy atom. The van der Waals surface area contributed by atoms with Crippen molar-refractivity contribution in [1.29, 1.82) is 0 Å². The molecule has 2 heterocycles. The van der Waals surface area contributed by atoms with E-state index in [0.29, 0.717) is 28.4 Å². The summed E-state index contributed by atoms with van der Waals surface area (Å²) in [7, 11) is 3.12. The first-order valence-corrected chi connectivity index (χ1v) is 9.32. The fourth-order valence-electron chi connectivity index (χ4n) is 2.90. The Kier molecular flexibility index (Phi) is 5.77. The highest BCUT2D eigenvalue weighted by atomic mass is 32.1. The van der Waals surface area contributed by atoms with E-state index in [4.69, 9.17) is 9.47 Å². The summed E-state index contributed by atoms with van der Waals surface area (Å²) >= 11 is 1.38. The molecule has 1 aliphatic rings. The van der Waals surface area contributed by atoms with Gasteiger partial charge in [-0.05, 0) is 26.2 Å². The molecule has 0 unspecified atom stereocenters. The molecule has 3 rings (SSSR count). The average Bonchev–Trinajstić information content (AvgIpc) is 3.09. The van der Waals surface area contributed by atoms with E-state index < -0.39 is 6.03 Å². The zero-order valence-corrected chi connectivity index (χ0v) is 15.9. The van der Waals surface area contributed by atoms with Crippen LogP contribution >= 0.6 is 11.3 Å². The van der Waals surface area contributed by atoms with Crippen LogP contribution in [0, 0.1) is 0 Å². The van der Waals surface area contributed by atoms with Crippen molar-refractivity contribution < 1.29 is 14.3 Å². The molecular weight excluding hydrogens is 354 g/mol. The molecule has 0 spiro atoms. The third kappa shape index (κ3) is 4.34. The van der Waals surface area contributed by atoms with Crippen LogP contribution in [0.25, 0.3) is 0 Å². The van der Waals surface area contributed by atoms with Crippen LogP contribution in [0.4, 0.5) is 20.7 Å². The maximum atomic E-state index is 12.3. The second-order valence-corrected chi connectivity index (χ2v) is 7.06. The van der Waals surface area contributed by atoms with Crippen LogP contribution in [0.2, 0.25) is 0 Å². The molecule has 1 aliphatic heterocycles. The topological polar surface area (TPSA) is 88.6 Å². The molecule has 140 valence electrons. The number of hydrogen-bond donors (Lipinski definition) is 2. The van der Waals surface area contributed by atoms with Gasteiger partial charge in [0.05, 0.1) is 14.2 Å². The second kappa shape index (κ2) is 8.22. The lowest BCUT2D eigenvalue weighted by molar-refractivity contribution is 0.262. The predicted molar refractivity (Wildman–Crippen MR) is 103 cm³/mol. The van der Waals surface area contributed by atoms with E-state index in [2.05, 4.69) is 32.7 Å². The minimum Gasteiger partial charge on any atom is -0.497 e. The summed E-state index contributed by atoms with van der Waals surface area (Å²) in [5.74, 6) is 1.19. The van der Waals surface area contributed by atoms with Gasteiger partial charge in [0.2, 0.25) is 10.3 Å². The number of hydrogen-bond acceptors (Lipinski definition) is 7. The Bertz CT molecular complexity index is 744. The van der Waals surface area contributed by atoms with Crippen LogP contribution in [0.1, 0.15) is 26.2 Å². The lowest BCUT2D eigenvalue weighted by Gasteiger charge is -2.32. The average molecular weight is 377 g/mol. The van der Waals surface area contributed by atoms with Crippen LogP contribution in [0.3, 0.4) is 0 Å². The molecular formula is C17H23N5O3S. The number of anilines is 3. The van der Waals surface area contributed by atoms with E-state index in [1.165, 1.54) is 17.8 Å². The SMILES string of the molecule is COc1cc(NC(=O)Nc2nnc(N3CCCC[C@@H]3C)s2)cc(OC)c1. The molecule has 26 heavy (non-hydrogen) atoms. The quantitative estimate of drug-likeness (QED) is 0.828. The zero-order valence-electron chi connectivity index (χ0n) is 15.1. The highest BCUT2D eigenvalue weighted by Crippen LogP contribution is 2.30. The van der Waals surface area contributed by atoms with Gasteiger partial charge in [-0.25, -0.2) is 4.79 Å². The first-order chi connectivity index (χ1) is 12.6. The highest BCUT2D eigenvalue weighted by Gasteiger charge is 2.22. The van der Waals surface area contributed by atoms with Crippen molar-refractivity contribution in [1.82, 2.24) is 10.2 Å². The van der Waals surface area contributed by atoms with E-state index in [1.54, 1.807) is 32.4 Å². The highest BCUT2D eigenvalue weighted by molar-refractivity contribution is 7.19. The molecule has 0 saturated carbocycles. The van der Waals surface area contributed by atoms with Gasteiger partial charge in [-0.15, -0.1) is 10.2 Å². The number of amides is 2. The van der Waals surface area contributed by atoms with Crippen molar-refractivity contribution in [2.45, 2.75) is 32.2 Å². The summed E-state index contributed by atoms with van der Waals surface area (Å²) in [4.78, 5) is 14.5. The minimum absolute atomic E-state index is 0.394. The molecule has 1 saturated heterocycles. The van der Waals surface area contributed by atoms with Crippen LogP contribution in [0.5, 0.6) is 11.5 Å². The van der Waals surface area contributed by atoms with E-state index in [9.17, 15) is 4.79 Å². The fourth-order valence-corrected chi connectivity index (χ4v) is 3.77. The monoisotopic (exact) mass is 377 g/mol. The van der Waals surface area contributed by atoms with Gasteiger partial charge in [0.25, 0.3) is 0 Å². The number of rotatable bonds is 5. The van der Waals surface area contributed by atoms with E-state index >= 15 is 0 Å². The largest absolute Gasteiger partial charge is 0.497 e. The van der Waals surface area contributed by atoms with Crippen molar-refractivity contribution in [3.63, 3.8) is 0 Å². The van der Waals surface area contributed by atoms with Gasteiger partial charge < -0.3 is 19.7 Å². The Hall–Kier alpha value is -2.55. The third-order valence-electron chi connectivity index (χ3n) is 4.29. The van der Waals surface area contributed by atoms with Crippen LogP contribution < -0.4 is 25.0 Å². The molecule has 0 aliphatic carbocycles. The summed E-state index contributed by atoms with van der Waals surface area (Å²) in [6.07, 6.45) is 3.55. The Labute approximate surface area is 156 Å². The number of benzene rings is 1. The molecule has 1 aromatic heterocycles. The Morgan fingerprint density at radius 1 is 1.15 bits per heavy atom. The maximum absolute atomic E-state index is 12.3. The number of ether oxygens (including phenoxy) is 2. The summed E-state index contributed by atoms with van der Waals surface area (Å²) in [5, 5.41) is 15.1. The first-order valence-electron chi connectivity index (χ1n) is 8.50. The zero-order chi connectivity index (χ0) is 18.5. The van der Waals surface area contributed by atoms with E-state index in [1.807, 2.05) is 0 Å². The Morgan fingerprint density at radius 3 is 2.54 bits per heavy atom. The predicted octanol–water partition coefficient (Wildman–Crippen LogP) is 3.58. The Balaban J connectivity index is 1.64. The van der Waals surface area contributed by atoms with Crippen molar-refractivity contribution >= 4 is 33.3 Å². The summed E-state index contributed by atoms with van der Waals surface area (Å²) in [6, 6.07) is 5.21. The lowest BCUT2D eigenvalue weighted by atomic mass is 10.1. The van der Waals surface area contributed by atoms with Crippen LogP contribution in [-0.2, 0) is 0 Å². The smallest absolute Gasteiger partial charge is 0.325 e. The maximum Gasteiger partial charge on any atom is 0.325 e. The third-order valence-corrected chi connectivity index (χ3v) is 5.17. The van der Waals surface area contributed by atoms with Gasteiger partial charge >= 0.3 is 6.03 Å². The van der Waals surface area contributed by atoms with E-state index in [0.717, 1.165) is 24.5 Å². The summed E-state index contributed by atoms with van der Waals surface area (Å²) < 4.78 is 10.4. The second-order valence-electron chi connectivity index (χ2n) is 6.11. The van der Waals surface area contributed by atoms with Gasteiger partial charge in [0, 0.05) is 36.5 Å². The van der Waals surface area contributed by atoms with E-state index in [-0.39, 0.29) is 0 Å². The minimum atomic E-state index is -0.394. The van der Waals surface area contributed by atoms with Gasteiger partial charge in [0.15, 0.2) is 0 Å². The molecule has 1 atom stereocenters. The molecule has 2 amide bonds. The van der Waals surface area contributed by atoms with Gasteiger partial charge in [-0.3, -0.25) is 5.32 Å². The van der Waals surface area contributed by atoms with Crippen LogP contribution in [0.15, 0.2) is 18.2 Å². The van der Waals surface area contributed by atoms with Gasteiger partial charge in [-0.1, -0.05) is 11.3 Å². The number of methoxy groups -OCH3 is 2. The number of carbonyl (C=O) groups is 1. The molecule has 1 fully saturated rings. The number of nitrogens with one attached hydrogen (secondary N) is 2. The van der Waals surface area contributed by atoms with Gasteiger partial charge in [0.1, 0.15) is 11.5 Å². The fraction of sp³-hybridized carbons (Fsp3) is 0.471. The molecule has 1 aromatic carbocycles. The number of carbonyl (C=O) groups excluding carboxylic acids is 1. The summed E-state index contributed by atoms with van der Waals surface area (Å²) in [5.41, 5.74) is 0.563. The number of piperidine rings is 1. The molecule has 2 aromatic rings. The lowest BCUT2D eigenvalue weighted by Crippen LogP contribution is -2.37. The number of aromatic nitrogens is 2. The molecule has 8 nitrogen and oxygen atoms in total. The molecule has 9 heteroatoms. The molecule has 2 N–H and O–H groups in total. The number of nitrogens with zero attached hydrogens (tertiary/aromatic N) is 3. The normalized spacial score (nSPS) is 16.9. The molecule has 0 radical (unpaired) electrons. The van der Waals surface area contributed by atoms with Crippen molar-refractivity contribution in [3.8, 4) is 11.5 Å². The summed E-state index contributed by atoms with van der Waals surface area (Å²) in [6.45, 7) is 3.17. The van der Waals surface area contributed by atoms with Crippen molar-refractivity contribution in [3.05, 3.63) is 18.2 Å². The number of urea groups is 1. The van der Waals surface area contributed by atoms with Gasteiger partial charge in [-0.2, -0.15) is 0 Å². The standard InChI is InChI=1S/C17H23N5O3S/c1-11-6-4-5-7-22(11)17-21-20-16(26-17)19-15(23)18-12-8-13(24-2)10-14(9-12)25-3/h8-11H,4-7H2,1-3H3,(H2,18,19,20,23)/t11-/m0/s1. The van der Waals surface area contributed by atoms with Crippen LogP contribution in [-0.4, -0.2) is 43.0 Å². The van der Waals surface area contributed by atoms with Crippen molar-refractivity contribution in [2.24, 2.45) is 0 Å². The first kappa shape index (κ1) is 18.2. The van der Waals surface area contributed by atoms with Crippen molar-refractivity contribution in [2.75, 3.05) is 36.3 Å². The molecule has 0 bridgehead atoms.